The topological polar surface area (TPSA) is 67.9 Å². The number of hydrogen-bond donors (Lipinski definition) is 1. The Morgan fingerprint density at radius 1 is 0.897 bits per heavy atom. The number of nitrogens with zero attached hydrogens (tertiary/aromatic N) is 1. The lowest BCUT2D eigenvalue weighted by Gasteiger charge is -2.26. The summed E-state index contributed by atoms with van der Waals surface area (Å²) in [5.74, 6) is 3.49. The third-order valence-electron chi connectivity index (χ3n) is 4.93. The van der Waals surface area contributed by atoms with Gasteiger partial charge >= 0.3 is 0 Å². The number of carbonyl (C=O) groups excluding carboxylic acids is 2. The van der Waals surface area contributed by atoms with Gasteiger partial charge in [0, 0.05) is 30.3 Å². The van der Waals surface area contributed by atoms with Crippen molar-refractivity contribution in [3.05, 3.63) is 53.6 Å². The number of nitrogens with one attached hydrogen (secondary N) is 1. The second kappa shape index (κ2) is 9.22. The molecule has 2 aromatic carbocycles. The van der Waals surface area contributed by atoms with Crippen molar-refractivity contribution in [2.45, 2.75) is 12.8 Å². The number of benzene rings is 2. The zero-order chi connectivity index (χ0) is 20.1. The number of anilines is 1. The molecular weight excluding hydrogens is 388 g/mol. The number of fused-ring (bicyclic) bond motifs is 1. The highest BCUT2D eigenvalue weighted by atomic mass is 32.2. The normalized spacial score (nSPS) is 15.7. The highest BCUT2D eigenvalue weighted by molar-refractivity contribution is 7.99. The predicted octanol–water partition coefficient (Wildman–Crippen LogP) is 2.76. The van der Waals surface area contributed by atoms with Crippen molar-refractivity contribution in [2.75, 3.05) is 43.1 Å². The molecule has 0 spiro atoms. The molecule has 2 aromatic rings. The van der Waals surface area contributed by atoms with Gasteiger partial charge in [-0.1, -0.05) is 18.2 Å². The van der Waals surface area contributed by atoms with Crippen molar-refractivity contribution < 1.29 is 19.1 Å². The molecule has 152 valence electrons. The summed E-state index contributed by atoms with van der Waals surface area (Å²) in [6, 6.07) is 13.0. The second-order valence-corrected chi connectivity index (χ2v) is 8.29. The van der Waals surface area contributed by atoms with Gasteiger partial charge in [-0.25, -0.2) is 0 Å². The van der Waals surface area contributed by atoms with Crippen LogP contribution < -0.4 is 14.8 Å². The third-order valence-corrected chi connectivity index (χ3v) is 5.87. The van der Waals surface area contributed by atoms with E-state index >= 15 is 0 Å². The summed E-state index contributed by atoms with van der Waals surface area (Å²) in [6.07, 6.45) is 0.653. The van der Waals surface area contributed by atoms with Crippen molar-refractivity contribution in [3.63, 3.8) is 0 Å². The number of carbonyl (C=O) groups is 2. The zero-order valence-corrected chi connectivity index (χ0v) is 17.0. The van der Waals surface area contributed by atoms with E-state index in [1.54, 1.807) is 0 Å². The van der Waals surface area contributed by atoms with Crippen LogP contribution in [0.2, 0.25) is 0 Å². The van der Waals surface area contributed by atoms with Gasteiger partial charge in [0.05, 0.1) is 12.8 Å². The fourth-order valence-electron chi connectivity index (χ4n) is 3.39. The summed E-state index contributed by atoms with van der Waals surface area (Å²) in [5.41, 5.74) is 2.55. The average molecular weight is 413 g/mol. The van der Waals surface area contributed by atoms with Gasteiger partial charge < -0.3 is 19.7 Å². The van der Waals surface area contributed by atoms with Crippen LogP contribution in [-0.4, -0.2) is 54.5 Å². The molecule has 1 N–H and O–H groups in total. The second-order valence-electron chi connectivity index (χ2n) is 7.07. The van der Waals surface area contributed by atoms with E-state index in [0.717, 1.165) is 41.4 Å². The minimum atomic E-state index is -0.101. The molecule has 4 rings (SSSR count). The Morgan fingerprint density at radius 2 is 1.59 bits per heavy atom. The Kier molecular flexibility index (Phi) is 6.24. The number of rotatable bonds is 5. The average Bonchev–Trinajstić information content (AvgIpc) is 2.75. The Balaban J connectivity index is 1.30. The van der Waals surface area contributed by atoms with Crippen molar-refractivity contribution in [1.82, 2.24) is 4.90 Å². The van der Waals surface area contributed by atoms with Crippen LogP contribution in [0.5, 0.6) is 11.5 Å². The molecule has 7 heteroatoms. The summed E-state index contributed by atoms with van der Waals surface area (Å²) < 4.78 is 11.1. The summed E-state index contributed by atoms with van der Waals surface area (Å²) in [5, 5.41) is 2.91. The van der Waals surface area contributed by atoms with Crippen LogP contribution in [0.1, 0.15) is 11.1 Å². The zero-order valence-electron chi connectivity index (χ0n) is 16.2. The highest BCUT2D eigenvalue weighted by Crippen LogP contribution is 2.30. The van der Waals surface area contributed by atoms with Gasteiger partial charge in [-0.05, 0) is 35.4 Å². The van der Waals surface area contributed by atoms with Gasteiger partial charge in [-0.15, -0.1) is 0 Å². The van der Waals surface area contributed by atoms with E-state index in [1.807, 2.05) is 59.1 Å². The maximum atomic E-state index is 12.4. The van der Waals surface area contributed by atoms with Gasteiger partial charge in [-0.3, -0.25) is 9.59 Å². The molecule has 1 fully saturated rings. The van der Waals surface area contributed by atoms with Crippen LogP contribution in [0.3, 0.4) is 0 Å². The lowest BCUT2D eigenvalue weighted by Crippen LogP contribution is -2.38. The first-order valence-electron chi connectivity index (χ1n) is 9.80. The molecule has 0 aliphatic carbocycles. The first-order valence-corrected chi connectivity index (χ1v) is 11.0. The Labute approximate surface area is 174 Å². The van der Waals surface area contributed by atoms with E-state index in [1.165, 1.54) is 0 Å². The first-order chi connectivity index (χ1) is 14.2. The van der Waals surface area contributed by atoms with Crippen LogP contribution in [-0.2, 0) is 22.4 Å². The van der Waals surface area contributed by atoms with E-state index in [0.29, 0.717) is 31.1 Å². The predicted molar refractivity (Wildman–Crippen MR) is 114 cm³/mol. The Hall–Kier alpha value is -2.67. The molecule has 29 heavy (non-hydrogen) atoms. The van der Waals surface area contributed by atoms with Crippen LogP contribution in [0, 0.1) is 0 Å². The smallest absolute Gasteiger partial charge is 0.228 e. The van der Waals surface area contributed by atoms with Gasteiger partial charge in [0.2, 0.25) is 11.8 Å². The maximum absolute atomic E-state index is 12.4. The fourth-order valence-corrected chi connectivity index (χ4v) is 4.30. The lowest BCUT2D eigenvalue weighted by molar-refractivity contribution is -0.130. The monoisotopic (exact) mass is 412 g/mol. The highest BCUT2D eigenvalue weighted by Gasteiger charge is 2.17. The molecule has 0 unspecified atom stereocenters. The molecule has 2 aliphatic heterocycles. The number of amides is 2. The van der Waals surface area contributed by atoms with Gasteiger partial charge in [0.1, 0.15) is 13.2 Å². The van der Waals surface area contributed by atoms with Crippen molar-refractivity contribution >= 4 is 29.3 Å². The van der Waals surface area contributed by atoms with Crippen LogP contribution in [0.4, 0.5) is 5.69 Å². The summed E-state index contributed by atoms with van der Waals surface area (Å²) in [6.45, 7) is 2.73. The van der Waals surface area contributed by atoms with Gasteiger partial charge in [-0.2, -0.15) is 11.8 Å². The standard InChI is InChI=1S/C22H24N2O4S/c25-21(14-17-3-6-19-20(13-17)28-10-9-27-19)23-18-4-1-16(2-5-18)15-22(26)24-7-11-29-12-8-24/h1-6,13H,7-12,14-15H2,(H,23,25). The molecule has 2 amide bonds. The number of thioether (sulfide) groups is 1. The molecule has 1 saturated heterocycles. The molecule has 2 aliphatic rings. The van der Waals surface area contributed by atoms with E-state index in [2.05, 4.69) is 5.32 Å². The third kappa shape index (κ3) is 5.23. The Morgan fingerprint density at radius 3 is 2.34 bits per heavy atom. The molecular formula is C22H24N2O4S. The number of ether oxygens (including phenoxy) is 2. The van der Waals surface area contributed by atoms with Crippen LogP contribution >= 0.6 is 11.8 Å². The van der Waals surface area contributed by atoms with Crippen molar-refractivity contribution in [3.8, 4) is 11.5 Å². The van der Waals surface area contributed by atoms with Crippen molar-refractivity contribution in [2.24, 2.45) is 0 Å². The summed E-state index contributed by atoms with van der Waals surface area (Å²) in [7, 11) is 0. The van der Waals surface area contributed by atoms with E-state index in [4.69, 9.17) is 9.47 Å². The van der Waals surface area contributed by atoms with E-state index in [-0.39, 0.29) is 18.2 Å². The first kappa shape index (κ1) is 19.6. The van der Waals surface area contributed by atoms with Gasteiger partial charge in [0.15, 0.2) is 11.5 Å². The maximum Gasteiger partial charge on any atom is 0.228 e. The van der Waals surface area contributed by atoms with E-state index < -0.39 is 0 Å². The minimum Gasteiger partial charge on any atom is -0.486 e. The van der Waals surface area contributed by atoms with Crippen LogP contribution in [0.25, 0.3) is 0 Å². The molecule has 2 heterocycles. The quantitative estimate of drug-likeness (QED) is 0.818. The molecule has 6 nitrogen and oxygen atoms in total. The fraction of sp³-hybridized carbons (Fsp3) is 0.364. The van der Waals surface area contributed by atoms with Crippen molar-refractivity contribution in [1.29, 1.82) is 0 Å². The molecule has 0 atom stereocenters. The molecule has 0 aromatic heterocycles. The van der Waals surface area contributed by atoms with Gasteiger partial charge in [0.25, 0.3) is 0 Å². The molecule has 0 radical (unpaired) electrons. The molecule has 0 saturated carbocycles. The van der Waals surface area contributed by atoms with Crippen LogP contribution in [0.15, 0.2) is 42.5 Å². The Bertz CT molecular complexity index is 879. The minimum absolute atomic E-state index is 0.101. The van der Waals surface area contributed by atoms with E-state index in [9.17, 15) is 9.59 Å². The largest absolute Gasteiger partial charge is 0.486 e. The number of hydrogen-bond acceptors (Lipinski definition) is 5. The summed E-state index contributed by atoms with van der Waals surface area (Å²) >= 11 is 1.89. The SMILES string of the molecule is O=C(Cc1ccc2c(c1)OCCO2)Nc1ccc(CC(=O)N2CCSCC2)cc1. The lowest BCUT2D eigenvalue weighted by atomic mass is 10.1. The molecule has 0 bridgehead atoms. The summed E-state index contributed by atoms with van der Waals surface area (Å²) in [4.78, 5) is 26.7.